The van der Waals surface area contributed by atoms with E-state index in [1.54, 1.807) is 0 Å². The minimum absolute atomic E-state index is 0.247. The van der Waals surface area contributed by atoms with E-state index < -0.39 is 0 Å². The first-order valence-corrected chi connectivity index (χ1v) is 11.2. The molecule has 0 radical (unpaired) electrons. The van der Waals surface area contributed by atoms with Crippen LogP contribution in [-0.4, -0.2) is 4.40 Å². The fourth-order valence-corrected chi connectivity index (χ4v) is 5.61. The fourth-order valence-electron chi connectivity index (χ4n) is 5.61. The average molecular weight is 406 g/mol. The van der Waals surface area contributed by atoms with Crippen molar-refractivity contribution in [3.05, 3.63) is 71.4 Å². The molecule has 0 aliphatic rings. The number of benzene rings is 3. The number of rotatable bonds is 1. The zero-order valence-corrected chi connectivity index (χ0v) is 19.3. The van der Waals surface area contributed by atoms with E-state index in [1.807, 2.05) is 0 Å². The Hall–Kier alpha value is -3.13. The molecule has 0 bridgehead atoms. The molecule has 2 heteroatoms. The highest BCUT2D eigenvalue weighted by Crippen LogP contribution is 2.41. The summed E-state index contributed by atoms with van der Waals surface area (Å²) >= 11 is 0. The molecule has 0 spiro atoms. The third-order valence-corrected chi connectivity index (χ3v) is 6.78. The normalized spacial score (nSPS) is 13.0. The monoisotopic (exact) mass is 405 g/mol. The second kappa shape index (κ2) is 5.97. The summed E-state index contributed by atoms with van der Waals surface area (Å²) in [7, 11) is 2.18. The van der Waals surface area contributed by atoms with E-state index in [0.29, 0.717) is 0 Å². The number of aryl methyl sites for hydroxylation is 3. The molecule has 3 aromatic carbocycles. The van der Waals surface area contributed by atoms with Crippen LogP contribution < -0.4 is 4.57 Å². The van der Waals surface area contributed by atoms with Gasteiger partial charge in [-0.2, -0.15) is 0 Å². The maximum absolute atomic E-state index is 2.54. The van der Waals surface area contributed by atoms with Crippen LogP contribution in [0.2, 0.25) is 0 Å². The Kier molecular flexibility index (Phi) is 3.59. The molecule has 2 nitrogen and oxygen atoms in total. The summed E-state index contributed by atoms with van der Waals surface area (Å²) < 4.78 is 4.84. The Morgan fingerprint density at radius 3 is 2.42 bits per heavy atom. The molecule has 154 valence electrons. The minimum atomic E-state index is 0.247. The van der Waals surface area contributed by atoms with Crippen molar-refractivity contribution in [2.75, 3.05) is 0 Å². The first-order chi connectivity index (χ1) is 14.7. The second-order valence-electron chi connectivity index (χ2n) is 10.6. The van der Waals surface area contributed by atoms with Gasteiger partial charge in [0.15, 0.2) is 6.20 Å². The SMILES string of the molecule is Cc1ccc2c(c1)c1ccc(C)c3c1n2c1cc(CC(C)(C)C)cc2cc[n+](C)c3c21. The number of fused-ring (bicyclic) bond motifs is 5. The van der Waals surface area contributed by atoms with Gasteiger partial charge in [0.2, 0.25) is 5.52 Å². The third kappa shape index (κ3) is 2.54. The molecule has 0 aliphatic carbocycles. The summed E-state index contributed by atoms with van der Waals surface area (Å²) in [6.07, 6.45) is 3.29. The van der Waals surface area contributed by atoms with E-state index in [-0.39, 0.29) is 5.41 Å². The van der Waals surface area contributed by atoms with E-state index in [4.69, 9.17) is 0 Å². The van der Waals surface area contributed by atoms with Gasteiger partial charge < -0.3 is 4.40 Å². The standard InChI is InChI=1S/C29H29N2/c1-17-7-10-23-22(13-17)21-9-8-18(2)25-27(21)31(23)24-15-19(16-29(3,4)5)14-20-11-12-30(6)28(25)26(20)24/h7-15H,16H2,1-6H3/q+1. The Morgan fingerprint density at radius 2 is 1.65 bits per heavy atom. The molecule has 0 N–H and O–H groups in total. The molecule has 0 amide bonds. The van der Waals surface area contributed by atoms with Crippen molar-refractivity contribution in [1.29, 1.82) is 0 Å². The van der Waals surface area contributed by atoms with Crippen molar-refractivity contribution in [3.8, 4) is 0 Å². The van der Waals surface area contributed by atoms with Gasteiger partial charge in [-0.05, 0) is 60.4 Å². The number of aromatic nitrogens is 2. The maximum Gasteiger partial charge on any atom is 0.224 e. The number of pyridine rings is 2. The lowest BCUT2D eigenvalue weighted by atomic mass is 9.87. The molecule has 0 atom stereocenters. The fraction of sp³-hybridized carbons (Fsp3) is 0.276. The van der Waals surface area contributed by atoms with Crippen LogP contribution in [0.25, 0.3) is 49.0 Å². The van der Waals surface area contributed by atoms with Crippen LogP contribution in [0.1, 0.15) is 37.5 Å². The Bertz CT molecular complexity index is 1660. The Balaban J connectivity index is 1.97. The summed E-state index contributed by atoms with van der Waals surface area (Å²) in [5.74, 6) is 0. The van der Waals surface area contributed by atoms with Crippen LogP contribution in [0.3, 0.4) is 0 Å². The van der Waals surface area contributed by atoms with Gasteiger partial charge in [-0.1, -0.05) is 50.6 Å². The molecule has 0 aliphatic heterocycles. The lowest BCUT2D eigenvalue weighted by Crippen LogP contribution is -2.29. The molecule has 3 aromatic heterocycles. The highest BCUT2D eigenvalue weighted by atomic mass is 15.0. The quantitative estimate of drug-likeness (QED) is 0.158. The zero-order chi connectivity index (χ0) is 21.7. The average Bonchev–Trinajstić information content (AvgIpc) is 3.01. The molecule has 6 rings (SSSR count). The first-order valence-electron chi connectivity index (χ1n) is 11.2. The Labute approximate surface area is 183 Å². The van der Waals surface area contributed by atoms with Gasteiger partial charge in [0, 0.05) is 16.8 Å². The van der Waals surface area contributed by atoms with Gasteiger partial charge in [-0.15, -0.1) is 0 Å². The van der Waals surface area contributed by atoms with Crippen LogP contribution in [0.15, 0.2) is 54.7 Å². The molecule has 0 saturated carbocycles. The van der Waals surface area contributed by atoms with Crippen LogP contribution >= 0.6 is 0 Å². The maximum atomic E-state index is 2.54. The first kappa shape index (κ1) is 18.6. The van der Waals surface area contributed by atoms with E-state index in [0.717, 1.165) is 6.42 Å². The van der Waals surface area contributed by atoms with Gasteiger partial charge in [-0.25, -0.2) is 4.57 Å². The van der Waals surface area contributed by atoms with E-state index in [9.17, 15) is 0 Å². The summed E-state index contributed by atoms with van der Waals surface area (Å²) in [6.45, 7) is 11.4. The highest BCUT2D eigenvalue weighted by Gasteiger charge is 2.24. The summed E-state index contributed by atoms with van der Waals surface area (Å²) in [6, 6.07) is 18.6. The largest absolute Gasteiger partial charge is 0.307 e. The summed E-state index contributed by atoms with van der Waals surface area (Å²) in [5.41, 5.74) is 9.62. The van der Waals surface area contributed by atoms with Crippen molar-refractivity contribution >= 4 is 49.0 Å². The van der Waals surface area contributed by atoms with E-state index in [1.165, 1.54) is 65.7 Å². The highest BCUT2D eigenvalue weighted by molar-refractivity contribution is 6.25. The molecule has 0 unspecified atom stereocenters. The van der Waals surface area contributed by atoms with Crippen molar-refractivity contribution < 1.29 is 4.57 Å². The smallest absolute Gasteiger partial charge is 0.224 e. The van der Waals surface area contributed by atoms with Gasteiger partial charge in [0.25, 0.3) is 0 Å². The van der Waals surface area contributed by atoms with Crippen LogP contribution in [0, 0.1) is 19.3 Å². The lowest BCUT2D eigenvalue weighted by molar-refractivity contribution is -0.643. The van der Waals surface area contributed by atoms with Crippen molar-refractivity contribution in [1.82, 2.24) is 4.40 Å². The van der Waals surface area contributed by atoms with Gasteiger partial charge in [0.1, 0.15) is 7.05 Å². The summed E-state index contributed by atoms with van der Waals surface area (Å²) in [5, 5.41) is 6.77. The molecular formula is C29H29N2+. The third-order valence-electron chi connectivity index (χ3n) is 6.78. The van der Waals surface area contributed by atoms with Crippen molar-refractivity contribution in [2.45, 2.75) is 41.0 Å². The summed E-state index contributed by atoms with van der Waals surface area (Å²) in [4.78, 5) is 0. The van der Waals surface area contributed by atoms with Crippen LogP contribution in [0.5, 0.6) is 0 Å². The lowest BCUT2D eigenvalue weighted by Gasteiger charge is -2.20. The van der Waals surface area contributed by atoms with E-state index in [2.05, 4.69) is 105 Å². The number of hydrogen-bond acceptors (Lipinski definition) is 0. The topological polar surface area (TPSA) is 8.29 Å². The van der Waals surface area contributed by atoms with Gasteiger partial charge in [0.05, 0.1) is 27.3 Å². The van der Waals surface area contributed by atoms with Gasteiger partial charge in [-0.3, -0.25) is 0 Å². The van der Waals surface area contributed by atoms with Crippen LogP contribution in [0.4, 0.5) is 0 Å². The second-order valence-corrected chi connectivity index (χ2v) is 10.6. The number of nitrogens with zero attached hydrogens (tertiary/aromatic N) is 2. The predicted octanol–water partition coefficient (Wildman–Crippen LogP) is 7.02. The molecule has 31 heavy (non-hydrogen) atoms. The van der Waals surface area contributed by atoms with Crippen LogP contribution in [-0.2, 0) is 13.5 Å². The van der Waals surface area contributed by atoms with Crippen molar-refractivity contribution in [2.24, 2.45) is 12.5 Å². The predicted molar refractivity (Wildman–Crippen MR) is 132 cm³/mol. The number of hydrogen-bond donors (Lipinski definition) is 0. The molecular weight excluding hydrogens is 376 g/mol. The molecule has 0 saturated heterocycles. The van der Waals surface area contributed by atoms with Crippen molar-refractivity contribution in [3.63, 3.8) is 0 Å². The minimum Gasteiger partial charge on any atom is -0.307 e. The van der Waals surface area contributed by atoms with E-state index >= 15 is 0 Å². The molecule has 0 fully saturated rings. The molecule has 3 heterocycles. The van der Waals surface area contributed by atoms with Gasteiger partial charge >= 0.3 is 0 Å². The molecule has 6 aromatic rings. The Morgan fingerprint density at radius 1 is 0.839 bits per heavy atom. The zero-order valence-electron chi connectivity index (χ0n) is 19.3.